The summed E-state index contributed by atoms with van der Waals surface area (Å²) in [4.78, 5) is 16.9. The summed E-state index contributed by atoms with van der Waals surface area (Å²) in [5.74, 6) is -0.00635. The third-order valence-electron chi connectivity index (χ3n) is 5.04. The number of likely N-dealkylation sites (N-methyl/N-ethyl adjacent to an activating group) is 1. The molecule has 3 rings (SSSR count). The van der Waals surface area contributed by atoms with Crippen molar-refractivity contribution in [3.05, 3.63) is 60.2 Å². The van der Waals surface area contributed by atoms with Gasteiger partial charge in [-0.25, -0.2) is 8.42 Å². The summed E-state index contributed by atoms with van der Waals surface area (Å²) in [5.41, 5.74) is 1.56. The first-order valence-corrected chi connectivity index (χ1v) is 10.9. The highest BCUT2D eigenvalue weighted by Crippen LogP contribution is 2.24. The van der Waals surface area contributed by atoms with Gasteiger partial charge in [0.1, 0.15) is 0 Å². The second-order valence-corrected chi connectivity index (χ2v) is 9.02. The van der Waals surface area contributed by atoms with E-state index in [4.69, 9.17) is 0 Å². The summed E-state index contributed by atoms with van der Waals surface area (Å²) in [6.07, 6.45) is 0.156. The van der Waals surface area contributed by atoms with Gasteiger partial charge in [-0.2, -0.15) is 0 Å². The van der Waals surface area contributed by atoms with Crippen molar-refractivity contribution in [1.82, 2.24) is 9.80 Å². The molecule has 0 bridgehead atoms. The zero-order valence-corrected chi connectivity index (χ0v) is 17.2. The van der Waals surface area contributed by atoms with E-state index in [0.29, 0.717) is 18.8 Å². The summed E-state index contributed by atoms with van der Waals surface area (Å²) in [5, 5.41) is 0. The molecule has 0 aromatic heterocycles. The van der Waals surface area contributed by atoms with E-state index >= 15 is 0 Å². The zero-order valence-electron chi connectivity index (χ0n) is 16.4. The Morgan fingerprint density at radius 2 is 1.57 bits per heavy atom. The van der Waals surface area contributed by atoms with Crippen molar-refractivity contribution in [2.45, 2.75) is 18.2 Å². The fraction of sp³-hybridized carbons (Fsp3) is 0.381. The fourth-order valence-corrected chi connectivity index (χ4v) is 4.70. The molecule has 0 N–H and O–H groups in total. The van der Waals surface area contributed by atoms with E-state index in [0.717, 1.165) is 18.7 Å². The Balaban J connectivity index is 1.80. The van der Waals surface area contributed by atoms with Crippen LogP contribution in [0.5, 0.6) is 0 Å². The number of aryl methyl sites for hydroxylation is 1. The minimum Gasteiger partial charge on any atom is -0.340 e. The Kier molecular flexibility index (Phi) is 6.36. The van der Waals surface area contributed by atoms with Crippen LogP contribution in [0.2, 0.25) is 0 Å². The lowest BCUT2D eigenvalue weighted by Gasteiger charge is -2.33. The zero-order chi connectivity index (χ0) is 20.1. The second kappa shape index (κ2) is 8.75. The van der Waals surface area contributed by atoms with Crippen molar-refractivity contribution in [2.75, 3.05) is 44.1 Å². The molecule has 0 atom stereocenters. The third kappa shape index (κ3) is 4.72. The largest absolute Gasteiger partial charge is 0.340 e. The van der Waals surface area contributed by atoms with Crippen LogP contribution in [0.15, 0.2) is 59.5 Å². The number of amides is 1. The van der Waals surface area contributed by atoms with Gasteiger partial charge in [-0.15, -0.1) is 0 Å². The normalized spacial score (nSPS) is 15.4. The Hall–Kier alpha value is -2.38. The highest BCUT2D eigenvalue weighted by Gasteiger charge is 2.27. The molecule has 28 heavy (non-hydrogen) atoms. The van der Waals surface area contributed by atoms with Gasteiger partial charge in [0.2, 0.25) is 5.91 Å². The number of piperazine rings is 1. The van der Waals surface area contributed by atoms with Crippen LogP contribution in [0.3, 0.4) is 0 Å². The van der Waals surface area contributed by atoms with Crippen molar-refractivity contribution in [1.29, 1.82) is 0 Å². The van der Waals surface area contributed by atoms with Crippen LogP contribution in [-0.4, -0.2) is 63.9 Å². The van der Waals surface area contributed by atoms with Gasteiger partial charge in [-0.05, 0) is 38.2 Å². The second-order valence-electron chi connectivity index (χ2n) is 7.16. The first kappa shape index (κ1) is 20.4. The van der Waals surface area contributed by atoms with Crippen LogP contribution >= 0.6 is 0 Å². The van der Waals surface area contributed by atoms with Crippen molar-refractivity contribution >= 4 is 21.6 Å². The molecule has 150 valence electrons. The number of benzene rings is 2. The highest BCUT2D eigenvalue weighted by atomic mass is 32.2. The van der Waals surface area contributed by atoms with Crippen molar-refractivity contribution in [3.63, 3.8) is 0 Å². The van der Waals surface area contributed by atoms with Crippen LogP contribution in [-0.2, 0) is 14.8 Å². The molecule has 0 saturated carbocycles. The SMILES string of the molecule is Cc1ccc(S(=O)(=O)N(CCC(=O)N2CCN(C)CC2)c2ccccc2)cc1. The predicted molar refractivity (Wildman–Crippen MR) is 111 cm³/mol. The average Bonchev–Trinajstić information content (AvgIpc) is 2.69. The summed E-state index contributed by atoms with van der Waals surface area (Å²) in [6.45, 7) is 5.09. The van der Waals surface area contributed by atoms with E-state index in [9.17, 15) is 13.2 Å². The molecule has 1 heterocycles. The summed E-state index contributed by atoms with van der Waals surface area (Å²) in [7, 11) is -1.72. The number of rotatable bonds is 6. The fourth-order valence-electron chi connectivity index (χ4n) is 3.23. The number of para-hydroxylation sites is 1. The van der Waals surface area contributed by atoms with Gasteiger partial charge in [-0.3, -0.25) is 9.10 Å². The lowest BCUT2D eigenvalue weighted by Crippen LogP contribution is -2.48. The molecule has 0 spiro atoms. The van der Waals surface area contributed by atoms with E-state index in [-0.39, 0.29) is 23.8 Å². The van der Waals surface area contributed by atoms with Gasteiger partial charge >= 0.3 is 0 Å². The van der Waals surface area contributed by atoms with Crippen molar-refractivity contribution in [3.8, 4) is 0 Å². The number of nitrogens with zero attached hydrogens (tertiary/aromatic N) is 3. The van der Waals surface area contributed by atoms with E-state index < -0.39 is 10.0 Å². The van der Waals surface area contributed by atoms with Gasteiger partial charge in [0.05, 0.1) is 10.6 Å². The van der Waals surface area contributed by atoms with Crippen molar-refractivity contribution < 1.29 is 13.2 Å². The molecule has 6 nitrogen and oxygen atoms in total. The molecule has 0 unspecified atom stereocenters. The number of carbonyl (C=O) groups is 1. The van der Waals surface area contributed by atoms with E-state index in [1.807, 2.05) is 24.9 Å². The van der Waals surface area contributed by atoms with E-state index in [1.165, 1.54) is 4.31 Å². The van der Waals surface area contributed by atoms with Gasteiger partial charge in [0.25, 0.3) is 10.0 Å². The van der Waals surface area contributed by atoms with Crippen LogP contribution in [0.4, 0.5) is 5.69 Å². The molecular weight excluding hydrogens is 374 g/mol. The molecule has 2 aromatic carbocycles. The van der Waals surface area contributed by atoms with Crippen LogP contribution in [0, 0.1) is 6.92 Å². The molecule has 1 saturated heterocycles. The Morgan fingerprint density at radius 3 is 2.18 bits per heavy atom. The van der Waals surface area contributed by atoms with Crippen LogP contribution in [0.25, 0.3) is 0 Å². The maximum absolute atomic E-state index is 13.3. The van der Waals surface area contributed by atoms with Gasteiger partial charge < -0.3 is 9.80 Å². The lowest BCUT2D eigenvalue weighted by atomic mass is 10.2. The first-order chi connectivity index (χ1) is 13.4. The average molecular weight is 402 g/mol. The van der Waals surface area contributed by atoms with Gasteiger partial charge in [-0.1, -0.05) is 35.9 Å². The maximum Gasteiger partial charge on any atom is 0.264 e. The molecule has 1 amide bonds. The molecule has 2 aromatic rings. The predicted octanol–water partition coefficient (Wildman–Crippen LogP) is 2.35. The third-order valence-corrected chi connectivity index (χ3v) is 6.88. The summed E-state index contributed by atoms with van der Waals surface area (Å²) in [6, 6.07) is 15.8. The number of carbonyl (C=O) groups excluding carboxylic acids is 1. The molecule has 1 fully saturated rings. The van der Waals surface area contributed by atoms with E-state index in [1.54, 1.807) is 48.5 Å². The summed E-state index contributed by atoms with van der Waals surface area (Å²) < 4.78 is 27.9. The molecule has 0 radical (unpaired) electrons. The number of hydrogen-bond donors (Lipinski definition) is 0. The minimum atomic E-state index is -3.75. The van der Waals surface area contributed by atoms with Gasteiger partial charge in [0.15, 0.2) is 0 Å². The molecule has 1 aliphatic rings. The lowest BCUT2D eigenvalue weighted by molar-refractivity contribution is -0.132. The van der Waals surface area contributed by atoms with Gasteiger partial charge in [0, 0.05) is 39.1 Å². The Labute approximate surface area is 167 Å². The molecular formula is C21H27N3O3S. The smallest absolute Gasteiger partial charge is 0.264 e. The van der Waals surface area contributed by atoms with Crippen LogP contribution < -0.4 is 4.31 Å². The first-order valence-electron chi connectivity index (χ1n) is 9.49. The Bertz CT molecular complexity index is 890. The quantitative estimate of drug-likeness (QED) is 0.746. The molecule has 1 aliphatic heterocycles. The number of anilines is 1. The summed E-state index contributed by atoms with van der Waals surface area (Å²) >= 11 is 0. The Morgan fingerprint density at radius 1 is 0.964 bits per heavy atom. The minimum absolute atomic E-state index is 0.00635. The monoisotopic (exact) mass is 401 g/mol. The number of hydrogen-bond acceptors (Lipinski definition) is 4. The van der Waals surface area contributed by atoms with Crippen LogP contribution in [0.1, 0.15) is 12.0 Å². The number of sulfonamides is 1. The standard InChI is InChI=1S/C21H27N3O3S/c1-18-8-10-20(11-9-18)28(26,27)24(19-6-4-3-5-7-19)13-12-21(25)23-16-14-22(2)15-17-23/h3-11H,12-17H2,1-2H3. The topological polar surface area (TPSA) is 60.9 Å². The molecule has 7 heteroatoms. The van der Waals surface area contributed by atoms with Crippen molar-refractivity contribution in [2.24, 2.45) is 0 Å². The van der Waals surface area contributed by atoms with E-state index in [2.05, 4.69) is 4.90 Å². The molecule has 0 aliphatic carbocycles. The maximum atomic E-state index is 13.3. The highest BCUT2D eigenvalue weighted by molar-refractivity contribution is 7.92.